The van der Waals surface area contributed by atoms with E-state index in [4.69, 9.17) is 16.3 Å². The number of Topliss-reactive ketones (excluding diaryl/α,β-unsaturated/α-hetero) is 1. The van der Waals surface area contributed by atoms with E-state index < -0.39 is 0 Å². The molecule has 0 radical (unpaired) electrons. The molecule has 0 unspecified atom stereocenters. The van der Waals surface area contributed by atoms with Gasteiger partial charge in [0.25, 0.3) is 0 Å². The Balaban J connectivity index is 2.50. The number of methoxy groups -OCH3 is 1. The van der Waals surface area contributed by atoms with Crippen LogP contribution in [0.4, 0.5) is 0 Å². The van der Waals surface area contributed by atoms with E-state index in [9.17, 15) is 4.79 Å². The number of halogens is 1. The van der Waals surface area contributed by atoms with Crippen molar-refractivity contribution in [2.45, 2.75) is 6.42 Å². The molecular weight excluding hydrogens is 236 g/mol. The largest absolute Gasteiger partial charge is 0.497 e. The van der Waals surface area contributed by atoms with Crippen LogP contribution in [0.25, 0.3) is 10.8 Å². The van der Waals surface area contributed by atoms with Crippen molar-refractivity contribution in [2.75, 3.05) is 13.0 Å². The van der Waals surface area contributed by atoms with Crippen LogP contribution in [-0.2, 0) is 11.2 Å². The molecule has 0 spiro atoms. The van der Waals surface area contributed by atoms with E-state index in [1.807, 2.05) is 36.4 Å². The van der Waals surface area contributed by atoms with Crippen LogP contribution in [0.1, 0.15) is 5.56 Å². The molecule has 0 aliphatic rings. The predicted molar refractivity (Wildman–Crippen MR) is 69.9 cm³/mol. The summed E-state index contributed by atoms with van der Waals surface area (Å²) in [5.74, 6) is 0.880. The van der Waals surface area contributed by atoms with Gasteiger partial charge in [-0.25, -0.2) is 0 Å². The number of benzene rings is 2. The van der Waals surface area contributed by atoms with Crippen LogP contribution in [-0.4, -0.2) is 18.8 Å². The van der Waals surface area contributed by atoms with Gasteiger partial charge in [-0.15, -0.1) is 11.6 Å². The Morgan fingerprint density at radius 1 is 1.29 bits per heavy atom. The first-order valence-corrected chi connectivity index (χ1v) is 5.91. The molecule has 2 rings (SSSR count). The highest BCUT2D eigenvalue weighted by Crippen LogP contribution is 2.24. The molecule has 0 saturated heterocycles. The zero-order valence-electron chi connectivity index (χ0n) is 9.57. The van der Waals surface area contributed by atoms with E-state index in [-0.39, 0.29) is 11.7 Å². The van der Waals surface area contributed by atoms with Crippen molar-refractivity contribution in [1.29, 1.82) is 0 Å². The molecule has 0 heterocycles. The molecule has 0 atom stereocenters. The van der Waals surface area contributed by atoms with E-state index in [2.05, 4.69) is 0 Å². The number of alkyl halides is 1. The van der Waals surface area contributed by atoms with Gasteiger partial charge in [-0.1, -0.05) is 24.3 Å². The smallest absolute Gasteiger partial charge is 0.151 e. The summed E-state index contributed by atoms with van der Waals surface area (Å²) in [4.78, 5) is 11.4. The maximum Gasteiger partial charge on any atom is 0.151 e. The average molecular weight is 249 g/mol. The predicted octanol–water partition coefficient (Wildman–Crippen LogP) is 3.20. The minimum absolute atomic E-state index is 0.0296. The summed E-state index contributed by atoms with van der Waals surface area (Å²) >= 11 is 5.54. The molecule has 0 bridgehead atoms. The summed E-state index contributed by atoms with van der Waals surface area (Å²) in [6, 6.07) is 11.8. The third-order valence-corrected chi connectivity index (χ3v) is 3.01. The minimum atomic E-state index is 0.0296. The lowest BCUT2D eigenvalue weighted by Crippen LogP contribution is -2.04. The van der Waals surface area contributed by atoms with Crippen LogP contribution in [0, 0.1) is 0 Å². The van der Waals surface area contributed by atoms with Crippen LogP contribution < -0.4 is 4.74 Å². The van der Waals surface area contributed by atoms with Crippen LogP contribution >= 0.6 is 11.6 Å². The Morgan fingerprint density at radius 2 is 2.12 bits per heavy atom. The van der Waals surface area contributed by atoms with Gasteiger partial charge in [0.2, 0.25) is 0 Å². The molecule has 0 aromatic heterocycles. The van der Waals surface area contributed by atoms with Gasteiger partial charge in [-0.2, -0.15) is 0 Å². The van der Waals surface area contributed by atoms with Gasteiger partial charge in [-0.05, 0) is 28.5 Å². The first kappa shape index (κ1) is 11.9. The molecule has 17 heavy (non-hydrogen) atoms. The Bertz CT molecular complexity index is 549. The van der Waals surface area contributed by atoms with Crippen molar-refractivity contribution >= 4 is 28.2 Å². The van der Waals surface area contributed by atoms with E-state index in [1.165, 1.54) is 0 Å². The molecule has 0 amide bonds. The molecule has 3 heteroatoms. The van der Waals surface area contributed by atoms with Gasteiger partial charge >= 0.3 is 0 Å². The highest BCUT2D eigenvalue weighted by molar-refractivity contribution is 6.27. The first-order valence-electron chi connectivity index (χ1n) is 5.38. The van der Waals surface area contributed by atoms with Gasteiger partial charge in [0.15, 0.2) is 5.78 Å². The third-order valence-electron chi connectivity index (χ3n) is 2.72. The number of ether oxygens (including phenoxy) is 1. The zero-order chi connectivity index (χ0) is 12.3. The van der Waals surface area contributed by atoms with Crippen molar-refractivity contribution in [3.8, 4) is 5.75 Å². The lowest BCUT2D eigenvalue weighted by Gasteiger charge is -2.07. The SMILES string of the molecule is COc1ccc2cccc(CC(=O)CCl)c2c1. The second-order valence-electron chi connectivity index (χ2n) is 3.85. The van der Waals surface area contributed by atoms with Crippen LogP contribution in [0.5, 0.6) is 5.75 Å². The highest BCUT2D eigenvalue weighted by atomic mass is 35.5. The van der Waals surface area contributed by atoms with E-state index in [0.29, 0.717) is 6.42 Å². The molecule has 2 aromatic rings. The summed E-state index contributed by atoms with van der Waals surface area (Å²) in [5.41, 5.74) is 0.993. The fourth-order valence-electron chi connectivity index (χ4n) is 1.86. The number of rotatable bonds is 4. The van der Waals surface area contributed by atoms with Gasteiger partial charge in [0, 0.05) is 6.42 Å². The Kier molecular flexibility index (Phi) is 3.64. The van der Waals surface area contributed by atoms with Crippen LogP contribution in [0.15, 0.2) is 36.4 Å². The minimum Gasteiger partial charge on any atom is -0.497 e. The Morgan fingerprint density at radius 3 is 2.82 bits per heavy atom. The van der Waals surface area contributed by atoms with Crippen molar-refractivity contribution < 1.29 is 9.53 Å². The molecule has 2 aromatic carbocycles. The van der Waals surface area contributed by atoms with Gasteiger partial charge < -0.3 is 4.74 Å². The summed E-state index contributed by atoms with van der Waals surface area (Å²) in [6.45, 7) is 0. The van der Waals surface area contributed by atoms with E-state index >= 15 is 0 Å². The lowest BCUT2D eigenvalue weighted by molar-refractivity contribution is -0.116. The average Bonchev–Trinajstić information content (AvgIpc) is 2.38. The summed E-state index contributed by atoms with van der Waals surface area (Å²) in [5, 5.41) is 2.15. The fraction of sp³-hybridized carbons (Fsp3) is 0.214. The van der Waals surface area contributed by atoms with Crippen LogP contribution in [0.2, 0.25) is 0 Å². The Hall–Kier alpha value is -1.54. The quantitative estimate of drug-likeness (QED) is 0.777. The van der Waals surface area contributed by atoms with Crippen LogP contribution in [0.3, 0.4) is 0 Å². The Labute approximate surface area is 105 Å². The first-order chi connectivity index (χ1) is 8.24. The standard InChI is InChI=1S/C14H13ClO2/c1-17-13-6-5-10-3-2-4-11(14(10)8-13)7-12(16)9-15/h2-6,8H,7,9H2,1H3. The van der Waals surface area contributed by atoms with Gasteiger partial charge in [0.1, 0.15) is 5.75 Å². The zero-order valence-corrected chi connectivity index (χ0v) is 10.3. The van der Waals surface area contributed by atoms with E-state index in [1.54, 1.807) is 7.11 Å². The van der Waals surface area contributed by atoms with Crippen molar-refractivity contribution in [1.82, 2.24) is 0 Å². The number of hydrogen-bond donors (Lipinski definition) is 0. The molecule has 0 fully saturated rings. The molecule has 88 valence electrons. The fourth-order valence-corrected chi connectivity index (χ4v) is 1.95. The molecule has 2 nitrogen and oxygen atoms in total. The summed E-state index contributed by atoms with van der Waals surface area (Å²) in [6.07, 6.45) is 0.369. The second-order valence-corrected chi connectivity index (χ2v) is 4.12. The summed E-state index contributed by atoms with van der Waals surface area (Å²) < 4.78 is 5.20. The monoisotopic (exact) mass is 248 g/mol. The summed E-state index contributed by atoms with van der Waals surface area (Å²) in [7, 11) is 1.63. The number of ketones is 1. The third kappa shape index (κ3) is 2.59. The van der Waals surface area contributed by atoms with Gasteiger partial charge in [-0.3, -0.25) is 4.79 Å². The van der Waals surface area contributed by atoms with Gasteiger partial charge in [0.05, 0.1) is 13.0 Å². The normalized spacial score (nSPS) is 10.5. The number of fused-ring (bicyclic) bond motifs is 1. The number of hydrogen-bond acceptors (Lipinski definition) is 2. The lowest BCUT2D eigenvalue weighted by atomic mass is 10.0. The van der Waals surface area contributed by atoms with Crippen molar-refractivity contribution in [2.24, 2.45) is 0 Å². The van der Waals surface area contributed by atoms with Crippen molar-refractivity contribution in [3.05, 3.63) is 42.0 Å². The number of carbonyl (C=O) groups is 1. The highest BCUT2D eigenvalue weighted by Gasteiger charge is 2.06. The molecule has 0 saturated carbocycles. The molecule has 0 aliphatic carbocycles. The maximum atomic E-state index is 11.4. The topological polar surface area (TPSA) is 26.3 Å². The molecular formula is C14H13ClO2. The maximum absolute atomic E-state index is 11.4. The molecule has 0 aliphatic heterocycles. The number of carbonyl (C=O) groups excluding carboxylic acids is 1. The van der Waals surface area contributed by atoms with Crippen molar-refractivity contribution in [3.63, 3.8) is 0 Å². The molecule has 0 N–H and O–H groups in total. The second kappa shape index (κ2) is 5.19. The van der Waals surface area contributed by atoms with E-state index in [0.717, 1.165) is 22.1 Å².